The molecule has 1 unspecified atom stereocenters. The molecule has 4 heterocycles. The lowest BCUT2D eigenvalue weighted by Gasteiger charge is -2.39. The molecular formula is C28H34ClN3O5. The number of carbonyl (C=O) groups excluding carboxylic acids is 3. The highest BCUT2D eigenvalue weighted by Crippen LogP contribution is 2.54. The molecule has 0 radical (unpaired) electrons. The van der Waals surface area contributed by atoms with E-state index in [1.54, 1.807) is 22.9 Å². The summed E-state index contributed by atoms with van der Waals surface area (Å²) in [7, 11) is 1.71. The molecule has 4 aliphatic heterocycles. The van der Waals surface area contributed by atoms with Gasteiger partial charge < -0.3 is 24.5 Å². The van der Waals surface area contributed by atoms with E-state index in [9.17, 15) is 19.5 Å². The Labute approximate surface area is 222 Å². The molecule has 5 rings (SSSR count). The number of aliphatic hydroxyl groups excluding tert-OH is 1. The number of para-hydroxylation sites is 1. The zero-order valence-corrected chi connectivity index (χ0v) is 22.4. The number of benzene rings is 1. The molecule has 9 heteroatoms. The van der Waals surface area contributed by atoms with Gasteiger partial charge in [-0.3, -0.25) is 14.4 Å². The van der Waals surface area contributed by atoms with Gasteiger partial charge in [0.15, 0.2) is 0 Å². The Morgan fingerprint density at radius 1 is 1.14 bits per heavy atom. The van der Waals surface area contributed by atoms with Crippen molar-refractivity contribution in [2.24, 2.45) is 17.8 Å². The number of likely N-dealkylation sites (tertiary alicyclic amines) is 1. The summed E-state index contributed by atoms with van der Waals surface area (Å²) in [6, 6.07) is 3.81. The topological polar surface area (TPSA) is 90.4 Å². The molecule has 0 aromatic heterocycles. The van der Waals surface area contributed by atoms with Gasteiger partial charge in [0.05, 0.1) is 41.3 Å². The Morgan fingerprint density at radius 2 is 1.89 bits per heavy atom. The van der Waals surface area contributed by atoms with Crippen molar-refractivity contribution in [1.82, 2.24) is 9.80 Å². The van der Waals surface area contributed by atoms with E-state index in [-0.39, 0.29) is 36.8 Å². The van der Waals surface area contributed by atoms with E-state index in [0.29, 0.717) is 23.7 Å². The van der Waals surface area contributed by atoms with E-state index in [4.69, 9.17) is 16.3 Å². The Balaban J connectivity index is 1.68. The first-order chi connectivity index (χ1) is 17.6. The van der Waals surface area contributed by atoms with Crippen LogP contribution in [0.1, 0.15) is 25.8 Å². The zero-order valence-electron chi connectivity index (χ0n) is 21.6. The highest BCUT2D eigenvalue weighted by molar-refractivity contribution is 6.34. The highest BCUT2D eigenvalue weighted by atomic mass is 35.5. The minimum Gasteiger partial charge on any atom is -0.394 e. The van der Waals surface area contributed by atoms with Crippen LogP contribution in [0.5, 0.6) is 0 Å². The Bertz CT molecular complexity index is 1160. The number of ether oxygens (including phenoxy) is 1. The summed E-state index contributed by atoms with van der Waals surface area (Å²) in [5.74, 6) is -2.31. The molecule has 8 nitrogen and oxygen atoms in total. The van der Waals surface area contributed by atoms with E-state index < -0.39 is 35.6 Å². The van der Waals surface area contributed by atoms with Crippen molar-refractivity contribution < 1.29 is 24.2 Å². The zero-order chi connectivity index (χ0) is 26.6. The van der Waals surface area contributed by atoms with E-state index in [1.807, 2.05) is 57.2 Å². The second kappa shape index (κ2) is 9.57. The molecule has 37 heavy (non-hydrogen) atoms. The minimum atomic E-state index is -1.34. The average Bonchev–Trinajstić information content (AvgIpc) is 3.18. The van der Waals surface area contributed by atoms with E-state index >= 15 is 0 Å². The first-order valence-electron chi connectivity index (χ1n) is 12.9. The van der Waals surface area contributed by atoms with Gasteiger partial charge in [-0.1, -0.05) is 61.9 Å². The van der Waals surface area contributed by atoms with Crippen LogP contribution < -0.4 is 4.90 Å². The fourth-order valence-electron chi connectivity index (χ4n) is 6.58. The third kappa shape index (κ3) is 3.92. The molecule has 6 atom stereocenters. The summed E-state index contributed by atoms with van der Waals surface area (Å²) >= 11 is 6.58. The summed E-state index contributed by atoms with van der Waals surface area (Å²) in [4.78, 5) is 47.0. The summed E-state index contributed by atoms with van der Waals surface area (Å²) in [6.45, 7) is 6.28. The lowest BCUT2D eigenvalue weighted by atomic mass is 9.77. The van der Waals surface area contributed by atoms with Crippen molar-refractivity contribution >= 4 is 35.0 Å². The Hall–Kier alpha value is -2.68. The second-order valence-electron chi connectivity index (χ2n) is 11.0. The number of hydrogen-bond acceptors (Lipinski definition) is 5. The second-order valence-corrected chi connectivity index (χ2v) is 11.4. The van der Waals surface area contributed by atoms with Crippen molar-refractivity contribution in [1.29, 1.82) is 0 Å². The molecule has 0 bridgehead atoms. The van der Waals surface area contributed by atoms with Crippen LogP contribution in [-0.2, 0) is 19.1 Å². The van der Waals surface area contributed by atoms with Crippen LogP contribution in [0.3, 0.4) is 0 Å². The van der Waals surface area contributed by atoms with Crippen molar-refractivity contribution in [3.05, 3.63) is 53.1 Å². The van der Waals surface area contributed by atoms with Gasteiger partial charge in [0.1, 0.15) is 11.6 Å². The lowest BCUT2D eigenvalue weighted by Crippen LogP contribution is -2.58. The molecule has 3 amide bonds. The molecule has 1 spiro atoms. The number of amides is 3. The maximum atomic E-state index is 14.5. The van der Waals surface area contributed by atoms with Gasteiger partial charge in [-0.15, -0.1) is 0 Å². The van der Waals surface area contributed by atoms with Gasteiger partial charge in [0.2, 0.25) is 11.8 Å². The number of rotatable bonds is 5. The van der Waals surface area contributed by atoms with Crippen LogP contribution in [0.4, 0.5) is 5.69 Å². The molecule has 4 aliphatic rings. The van der Waals surface area contributed by atoms with Gasteiger partial charge in [0, 0.05) is 20.1 Å². The standard InChI is InChI=1S/C28H34ClN3O5/c1-16(2)14-18(15-33)32-24-27(36)31(23-17(3)8-5-9-19(23)29)13-7-11-28(24)22(26(32)35)21-20(37-28)10-6-12-30(4)25(21)34/h5-11,16,18,20-22,24,33H,12-15H2,1-4H3/t18-,20+,21-,22+,24?,28+/m1/s1. The fourth-order valence-corrected chi connectivity index (χ4v) is 6.91. The molecule has 2 saturated heterocycles. The SMILES string of the molecule is Cc1cccc(Cl)c1N1CC=C[C@]23O[C@H]4C=CCN(C)C(=O)[C@H]4[C@H]2C(=O)N([C@@H](CO)CC(C)C)C3C1=O. The summed E-state index contributed by atoms with van der Waals surface area (Å²) < 4.78 is 6.63. The molecule has 1 N–H and O–H groups in total. The van der Waals surface area contributed by atoms with Crippen LogP contribution in [0.2, 0.25) is 5.02 Å². The molecule has 198 valence electrons. The van der Waals surface area contributed by atoms with Crippen molar-refractivity contribution in [3.8, 4) is 0 Å². The van der Waals surface area contributed by atoms with E-state index in [2.05, 4.69) is 0 Å². The van der Waals surface area contributed by atoms with Crippen molar-refractivity contribution in [2.75, 3.05) is 31.6 Å². The predicted octanol–water partition coefficient (Wildman–Crippen LogP) is 2.57. The average molecular weight is 528 g/mol. The Kier molecular flexibility index (Phi) is 6.71. The maximum Gasteiger partial charge on any atom is 0.253 e. The first kappa shape index (κ1) is 25.9. The number of anilines is 1. The highest BCUT2D eigenvalue weighted by Gasteiger charge is 2.72. The van der Waals surface area contributed by atoms with Crippen LogP contribution in [-0.4, -0.2) is 83.2 Å². The molecule has 2 fully saturated rings. The number of aryl methyl sites for hydroxylation is 1. The molecular weight excluding hydrogens is 494 g/mol. The van der Waals surface area contributed by atoms with Gasteiger partial charge in [-0.05, 0) is 30.9 Å². The first-order valence-corrected chi connectivity index (χ1v) is 13.3. The van der Waals surface area contributed by atoms with Crippen molar-refractivity contribution in [3.63, 3.8) is 0 Å². The van der Waals surface area contributed by atoms with Crippen molar-refractivity contribution in [2.45, 2.75) is 51.0 Å². The lowest BCUT2D eigenvalue weighted by molar-refractivity contribution is -0.146. The monoisotopic (exact) mass is 527 g/mol. The third-order valence-electron chi connectivity index (χ3n) is 8.10. The van der Waals surface area contributed by atoms with Gasteiger partial charge in [0.25, 0.3) is 5.91 Å². The van der Waals surface area contributed by atoms with Crippen LogP contribution in [0.15, 0.2) is 42.5 Å². The maximum absolute atomic E-state index is 14.5. The van der Waals surface area contributed by atoms with Gasteiger partial charge in [-0.2, -0.15) is 0 Å². The number of fused-ring (bicyclic) bond motifs is 2. The fraction of sp³-hybridized carbons (Fsp3) is 0.536. The number of nitrogens with zero attached hydrogens (tertiary/aromatic N) is 3. The molecule has 1 aromatic rings. The number of likely N-dealkylation sites (N-methyl/N-ethyl adjacent to an activating group) is 1. The van der Waals surface area contributed by atoms with Crippen LogP contribution in [0, 0.1) is 24.7 Å². The molecule has 0 saturated carbocycles. The summed E-state index contributed by atoms with van der Waals surface area (Å²) in [6.07, 6.45) is 7.23. The summed E-state index contributed by atoms with van der Waals surface area (Å²) in [5, 5.41) is 10.9. The quantitative estimate of drug-likeness (QED) is 0.594. The number of halogens is 1. The predicted molar refractivity (Wildman–Crippen MR) is 140 cm³/mol. The molecule has 1 aromatic carbocycles. The third-order valence-corrected chi connectivity index (χ3v) is 8.41. The van der Waals surface area contributed by atoms with Gasteiger partial charge >= 0.3 is 0 Å². The number of aliphatic hydroxyl groups is 1. The number of hydrogen-bond donors (Lipinski definition) is 1. The smallest absolute Gasteiger partial charge is 0.253 e. The van der Waals surface area contributed by atoms with E-state index in [0.717, 1.165) is 5.56 Å². The molecule has 0 aliphatic carbocycles. The Morgan fingerprint density at radius 3 is 2.57 bits per heavy atom. The van der Waals surface area contributed by atoms with Crippen LogP contribution >= 0.6 is 11.6 Å². The minimum absolute atomic E-state index is 0.168. The van der Waals surface area contributed by atoms with Gasteiger partial charge in [-0.25, -0.2) is 0 Å². The summed E-state index contributed by atoms with van der Waals surface area (Å²) in [5.41, 5.74) is 0.0745. The normalized spacial score (nSPS) is 32.0. The largest absolute Gasteiger partial charge is 0.394 e. The number of carbonyl (C=O) groups is 3. The van der Waals surface area contributed by atoms with Crippen LogP contribution in [0.25, 0.3) is 0 Å². The van der Waals surface area contributed by atoms with E-state index in [1.165, 1.54) is 4.90 Å².